The van der Waals surface area contributed by atoms with E-state index in [0.29, 0.717) is 6.54 Å². The van der Waals surface area contributed by atoms with E-state index in [9.17, 15) is 4.79 Å². The molecule has 3 aliphatic rings. The molecule has 4 rings (SSSR count). The number of aryl methyl sites for hydroxylation is 1. The molecule has 3 heterocycles. The second-order valence-electron chi connectivity index (χ2n) is 5.93. The molecule has 1 spiro atoms. The second-order valence-corrected chi connectivity index (χ2v) is 5.93. The maximum atomic E-state index is 11.9. The smallest absolute Gasteiger partial charge is 0.252 e. The molecule has 0 aliphatic carbocycles. The zero-order valence-corrected chi connectivity index (χ0v) is 11.1. The number of nitrogens with one attached hydrogen (secondary N) is 2. The van der Waals surface area contributed by atoms with Crippen LogP contribution in [0.3, 0.4) is 0 Å². The number of fused-ring (bicyclic) bond motifs is 4. The molecule has 4 nitrogen and oxygen atoms in total. The van der Waals surface area contributed by atoms with Crippen molar-refractivity contribution in [3.8, 4) is 5.75 Å². The van der Waals surface area contributed by atoms with E-state index < -0.39 is 0 Å². The van der Waals surface area contributed by atoms with Crippen molar-refractivity contribution < 1.29 is 9.53 Å². The van der Waals surface area contributed by atoms with Crippen LogP contribution in [0, 0.1) is 6.92 Å². The molecule has 0 saturated carbocycles. The number of carbonyl (C=O) groups excluding carboxylic acids is 1. The normalized spacial score (nSPS) is 22.9. The van der Waals surface area contributed by atoms with Crippen LogP contribution in [0.4, 0.5) is 0 Å². The van der Waals surface area contributed by atoms with Gasteiger partial charge in [-0.2, -0.15) is 0 Å². The summed E-state index contributed by atoms with van der Waals surface area (Å²) in [6, 6.07) is 2.19. The second kappa shape index (κ2) is 3.73. The zero-order chi connectivity index (χ0) is 13.0. The third-order valence-electron chi connectivity index (χ3n) is 4.85. The van der Waals surface area contributed by atoms with Crippen LogP contribution >= 0.6 is 0 Å². The number of hydrogen-bond donors (Lipinski definition) is 2. The Labute approximate surface area is 112 Å². The minimum atomic E-state index is 0.0464. The quantitative estimate of drug-likeness (QED) is 0.736. The summed E-state index contributed by atoms with van der Waals surface area (Å²) in [6.45, 7) is 5.53. The fraction of sp³-hybridized carbons (Fsp3) is 0.533. The van der Waals surface area contributed by atoms with Gasteiger partial charge in [0.05, 0.1) is 12.2 Å². The number of carbonyl (C=O) groups is 1. The Bertz CT molecular complexity index is 574. The standard InChI is InChI=1S/C15H18N2O2/c1-9-6-11-13(10-7-17-14(18)12(9)10)19-8-15(11)2-4-16-5-3-15/h6,16H,2-5,7-8H2,1H3,(H,17,18). The molecule has 0 unspecified atom stereocenters. The van der Waals surface area contributed by atoms with Crippen LogP contribution in [0.15, 0.2) is 6.07 Å². The van der Waals surface area contributed by atoms with Crippen LogP contribution in [-0.2, 0) is 12.0 Å². The maximum absolute atomic E-state index is 11.9. The van der Waals surface area contributed by atoms with Gasteiger partial charge in [0, 0.05) is 23.1 Å². The van der Waals surface area contributed by atoms with Crippen molar-refractivity contribution in [3.05, 3.63) is 28.3 Å². The number of benzene rings is 1. The van der Waals surface area contributed by atoms with Gasteiger partial charge in [-0.25, -0.2) is 0 Å². The molecule has 19 heavy (non-hydrogen) atoms. The minimum absolute atomic E-state index is 0.0464. The Morgan fingerprint density at radius 1 is 1.32 bits per heavy atom. The molecular weight excluding hydrogens is 240 g/mol. The van der Waals surface area contributed by atoms with E-state index in [1.54, 1.807) is 0 Å². The van der Waals surface area contributed by atoms with Crippen molar-refractivity contribution in [2.75, 3.05) is 19.7 Å². The Morgan fingerprint density at radius 3 is 2.89 bits per heavy atom. The van der Waals surface area contributed by atoms with Gasteiger partial charge in [0.15, 0.2) is 0 Å². The zero-order valence-electron chi connectivity index (χ0n) is 11.1. The lowest BCUT2D eigenvalue weighted by Crippen LogP contribution is -2.41. The first kappa shape index (κ1) is 11.3. The molecule has 3 aliphatic heterocycles. The van der Waals surface area contributed by atoms with Gasteiger partial charge in [-0.05, 0) is 38.4 Å². The van der Waals surface area contributed by atoms with Crippen molar-refractivity contribution in [3.63, 3.8) is 0 Å². The first-order chi connectivity index (χ1) is 9.21. The Balaban J connectivity index is 1.90. The predicted molar refractivity (Wildman–Crippen MR) is 71.6 cm³/mol. The first-order valence-corrected chi connectivity index (χ1v) is 7.00. The summed E-state index contributed by atoms with van der Waals surface area (Å²) in [7, 11) is 0. The molecule has 1 aromatic rings. The number of piperidine rings is 1. The fourth-order valence-electron chi connectivity index (χ4n) is 3.78. The summed E-state index contributed by atoms with van der Waals surface area (Å²) in [5.41, 5.74) is 4.51. The highest BCUT2D eigenvalue weighted by atomic mass is 16.5. The van der Waals surface area contributed by atoms with Gasteiger partial charge in [0.25, 0.3) is 5.91 Å². The minimum Gasteiger partial charge on any atom is -0.492 e. The molecule has 0 bridgehead atoms. The fourth-order valence-corrected chi connectivity index (χ4v) is 3.78. The van der Waals surface area contributed by atoms with E-state index in [1.807, 2.05) is 6.92 Å². The van der Waals surface area contributed by atoms with Gasteiger partial charge in [-0.1, -0.05) is 6.07 Å². The molecule has 1 aromatic carbocycles. The number of ether oxygens (including phenoxy) is 1. The van der Waals surface area contributed by atoms with Crippen molar-refractivity contribution in [1.29, 1.82) is 0 Å². The van der Waals surface area contributed by atoms with Crippen molar-refractivity contribution in [2.24, 2.45) is 0 Å². The van der Waals surface area contributed by atoms with Crippen LogP contribution in [0.5, 0.6) is 5.75 Å². The van der Waals surface area contributed by atoms with E-state index in [0.717, 1.165) is 55.0 Å². The molecule has 1 amide bonds. The summed E-state index contributed by atoms with van der Waals surface area (Å²) in [5, 5.41) is 6.33. The van der Waals surface area contributed by atoms with Crippen molar-refractivity contribution >= 4 is 5.91 Å². The van der Waals surface area contributed by atoms with Gasteiger partial charge in [0.1, 0.15) is 5.75 Å². The van der Waals surface area contributed by atoms with Crippen molar-refractivity contribution in [2.45, 2.75) is 31.7 Å². The molecule has 1 fully saturated rings. The number of amides is 1. The Hall–Kier alpha value is -1.55. The summed E-state index contributed by atoms with van der Waals surface area (Å²) < 4.78 is 6.02. The topological polar surface area (TPSA) is 50.4 Å². The molecule has 0 radical (unpaired) electrons. The van der Waals surface area contributed by atoms with Crippen LogP contribution in [0.2, 0.25) is 0 Å². The lowest BCUT2D eigenvalue weighted by atomic mass is 9.74. The highest BCUT2D eigenvalue weighted by molar-refractivity contribution is 6.00. The summed E-state index contributed by atoms with van der Waals surface area (Å²) >= 11 is 0. The van der Waals surface area contributed by atoms with E-state index in [2.05, 4.69) is 16.7 Å². The van der Waals surface area contributed by atoms with Crippen LogP contribution in [0.1, 0.15) is 39.9 Å². The largest absolute Gasteiger partial charge is 0.492 e. The average molecular weight is 258 g/mol. The van der Waals surface area contributed by atoms with Crippen LogP contribution in [-0.4, -0.2) is 25.6 Å². The molecule has 0 aromatic heterocycles. The van der Waals surface area contributed by atoms with Crippen molar-refractivity contribution in [1.82, 2.24) is 10.6 Å². The molecular formula is C15H18N2O2. The molecule has 100 valence electrons. The molecule has 4 heteroatoms. The molecule has 1 saturated heterocycles. The Kier molecular flexibility index (Phi) is 2.22. The number of rotatable bonds is 0. The highest BCUT2D eigenvalue weighted by Gasteiger charge is 2.44. The van der Waals surface area contributed by atoms with E-state index in [1.165, 1.54) is 5.56 Å². The van der Waals surface area contributed by atoms with Gasteiger partial charge >= 0.3 is 0 Å². The van der Waals surface area contributed by atoms with Crippen LogP contribution < -0.4 is 15.4 Å². The average Bonchev–Trinajstić information content (AvgIpc) is 2.95. The van der Waals surface area contributed by atoms with Gasteiger partial charge in [0.2, 0.25) is 0 Å². The number of hydrogen-bond acceptors (Lipinski definition) is 3. The summed E-state index contributed by atoms with van der Waals surface area (Å²) in [4.78, 5) is 11.9. The highest BCUT2D eigenvalue weighted by Crippen LogP contribution is 2.48. The van der Waals surface area contributed by atoms with Gasteiger partial charge < -0.3 is 15.4 Å². The van der Waals surface area contributed by atoms with E-state index in [-0.39, 0.29) is 11.3 Å². The summed E-state index contributed by atoms with van der Waals surface area (Å²) in [5.74, 6) is 1.03. The van der Waals surface area contributed by atoms with E-state index in [4.69, 9.17) is 4.74 Å². The maximum Gasteiger partial charge on any atom is 0.252 e. The predicted octanol–water partition coefficient (Wildman–Crippen LogP) is 1.25. The van der Waals surface area contributed by atoms with Crippen LogP contribution in [0.25, 0.3) is 0 Å². The van der Waals surface area contributed by atoms with Gasteiger partial charge in [-0.15, -0.1) is 0 Å². The first-order valence-electron chi connectivity index (χ1n) is 7.00. The lowest BCUT2D eigenvalue weighted by molar-refractivity contribution is 0.0965. The molecule has 0 atom stereocenters. The SMILES string of the molecule is Cc1cc2c(c3c1C(=O)NC3)OCC21CCNCC1. The van der Waals surface area contributed by atoms with Gasteiger partial charge in [-0.3, -0.25) is 4.79 Å². The third-order valence-corrected chi connectivity index (χ3v) is 4.85. The molecule has 2 N–H and O–H groups in total. The lowest BCUT2D eigenvalue weighted by Gasteiger charge is -2.32. The summed E-state index contributed by atoms with van der Waals surface area (Å²) in [6.07, 6.45) is 2.25. The van der Waals surface area contributed by atoms with E-state index >= 15 is 0 Å². The third kappa shape index (κ3) is 1.40. The monoisotopic (exact) mass is 258 g/mol. The Morgan fingerprint density at radius 2 is 2.11 bits per heavy atom.